The van der Waals surface area contributed by atoms with Gasteiger partial charge < -0.3 is 9.73 Å². The molecule has 4 nitrogen and oxygen atoms in total. The van der Waals surface area contributed by atoms with Crippen molar-refractivity contribution in [3.63, 3.8) is 0 Å². The Hall–Kier alpha value is -1.30. The largest absolute Gasteiger partial charge is 0.467 e. The molecule has 1 N–H and O–H groups in total. The Bertz CT molecular complexity index is 681. The molecule has 18 heavy (non-hydrogen) atoms. The third-order valence-electron chi connectivity index (χ3n) is 2.35. The Labute approximate surface area is 117 Å². The van der Waals surface area contributed by atoms with Crippen molar-refractivity contribution in [1.82, 2.24) is 9.97 Å². The normalized spacial score (nSPS) is 11.0. The third-order valence-corrected chi connectivity index (χ3v) is 3.92. The molecule has 3 rings (SSSR count). The molecule has 0 atom stereocenters. The van der Waals surface area contributed by atoms with Crippen LogP contribution in [0.5, 0.6) is 0 Å². The van der Waals surface area contributed by atoms with Gasteiger partial charge >= 0.3 is 0 Å². The first-order chi connectivity index (χ1) is 8.74. The second kappa shape index (κ2) is 4.76. The van der Waals surface area contributed by atoms with E-state index < -0.39 is 0 Å². The lowest BCUT2D eigenvalue weighted by atomic mass is 10.4. The molecule has 0 amide bonds. The van der Waals surface area contributed by atoms with Gasteiger partial charge in [-0.1, -0.05) is 11.6 Å². The third kappa shape index (κ3) is 2.16. The summed E-state index contributed by atoms with van der Waals surface area (Å²) in [5.74, 6) is 1.49. The molecule has 92 valence electrons. The summed E-state index contributed by atoms with van der Waals surface area (Å²) in [7, 11) is 0. The summed E-state index contributed by atoms with van der Waals surface area (Å²) < 4.78 is 6.13. The molecule has 0 fully saturated rings. The lowest BCUT2D eigenvalue weighted by Gasteiger charge is -2.05. The molecule has 0 saturated heterocycles. The maximum atomic E-state index is 6.03. The van der Waals surface area contributed by atoms with Crippen LogP contribution in [0.4, 0.5) is 5.82 Å². The topological polar surface area (TPSA) is 51.0 Å². The van der Waals surface area contributed by atoms with Crippen LogP contribution in [-0.4, -0.2) is 9.97 Å². The molecule has 3 aromatic heterocycles. The van der Waals surface area contributed by atoms with Crippen molar-refractivity contribution in [2.45, 2.75) is 6.54 Å². The monoisotopic (exact) mass is 299 g/mol. The highest BCUT2D eigenvalue weighted by atomic mass is 35.5. The zero-order chi connectivity index (χ0) is 12.5. The molecule has 0 aromatic carbocycles. The Morgan fingerprint density at radius 2 is 2.22 bits per heavy atom. The quantitative estimate of drug-likeness (QED) is 0.736. The van der Waals surface area contributed by atoms with Gasteiger partial charge in [0, 0.05) is 5.38 Å². The van der Waals surface area contributed by atoms with Crippen molar-refractivity contribution in [1.29, 1.82) is 0 Å². The summed E-state index contributed by atoms with van der Waals surface area (Å²) in [6.07, 6.45) is 1.63. The summed E-state index contributed by atoms with van der Waals surface area (Å²) in [5.41, 5.74) is 0.670. The van der Waals surface area contributed by atoms with E-state index in [-0.39, 0.29) is 5.28 Å². The summed E-state index contributed by atoms with van der Waals surface area (Å²) in [4.78, 5) is 8.28. The summed E-state index contributed by atoms with van der Waals surface area (Å²) in [5, 5.41) is 5.74. The lowest BCUT2D eigenvalue weighted by Crippen LogP contribution is -2.01. The predicted octanol–water partition coefficient (Wildman–Crippen LogP) is 4.20. The van der Waals surface area contributed by atoms with E-state index in [1.807, 2.05) is 17.5 Å². The van der Waals surface area contributed by atoms with Crippen LogP contribution in [0.1, 0.15) is 5.76 Å². The number of nitrogens with zero attached hydrogens (tertiary/aromatic N) is 2. The second-order valence-corrected chi connectivity index (χ2v) is 5.16. The van der Waals surface area contributed by atoms with E-state index in [2.05, 4.69) is 15.3 Å². The number of rotatable bonds is 3. The van der Waals surface area contributed by atoms with Crippen LogP contribution < -0.4 is 5.32 Å². The number of aromatic nitrogens is 2. The number of hydrogen-bond donors (Lipinski definition) is 1. The van der Waals surface area contributed by atoms with Crippen LogP contribution in [-0.2, 0) is 6.54 Å². The smallest absolute Gasteiger partial charge is 0.225 e. The first-order valence-electron chi connectivity index (χ1n) is 5.10. The molecule has 0 saturated carbocycles. The van der Waals surface area contributed by atoms with Gasteiger partial charge in [-0.2, -0.15) is 4.98 Å². The highest BCUT2D eigenvalue weighted by Crippen LogP contribution is 2.33. The number of thiophene rings is 1. The number of halogens is 2. The Morgan fingerprint density at radius 3 is 3.00 bits per heavy atom. The number of nitrogens with one attached hydrogen (secondary N) is 1. The van der Waals surface area contributed by atoms with E-state index in [1.165, 1.54) is 11.3 Å². The average Bonchev–Trinajstić information content (AvgIpc) is 2.97. The number of furan rings is 1. The molecule has 0 spiro atoms. The molecule has 3 heterocycles. The van der Waals surface area contributed by atoms with Gasteiger partial charge in [0.1, 0.15) is 17.1 Å². The van der Waals surface area contributed by atoms with Crippen molar-refractivity contribution in [3.05, 3.63) is 39.8 Å². The van der Waals surface area contributed by atoms with Crippen LogP contribution in [0.25, 0.3) is 10.2 Å². The van der Waals surface area contributed by atoms with Crippen LogP contribution in [0.15, 0.2) is 28.2 Å². The lowest BCUT2D eigenvalue weighted by molar-refractivity contribution is 0.518. The minimum absolute atomic E-state index is 0.171. The van der Waals surface area contributed by atoms with Crippen molar-refractivity contribution in [3.8, 4) is 0 Å². The van der Waals surface area contributed by atoms with Crippen molar-refractivity contribution in [2.24, 2.45) is 0 Å². The molecular formula is C11H7Cl2N3OS. The maximum Gasteiger partial charge on any atom is 0.225 e. The summed E-state index contributed by atoms with van der Waals surface area (Å²) >= 11 is 13.4. The van der Waals surface area contributed by atoms with Gasteiger partial charge in [0.15, 0.2) is 0 Å². The molecule has 0 aliphatic rings. The van der Waals surface area contributed by atoms with Crippen LogP contribution in [0.3, 0.4) is 0 Å². The molecule has 0 bridgehead atoms. The molecule has 0 unspecified atom stereocenters. The van der Waals surface area contributed by atoms with E-state index in [9.17, 15) is 0 Å². The fourth-order valence-electron chi connectivity index (χ4n) is 1.57. The van der Waals surface area contributed by atoms with Gasteiger partial charge in [0.25, 0.3) is 0 Å². The van der Waals surface area contributed by atoms with E-state index >= 15 is 0 Å². The standard InChI is InChI=1S/C11H7Cl2N3OS/c12-7-5-18-9-8(7)15-11(13)16-10(9)14-4-6-2-1-3-17-6/h1-3,5H,4H2,(H,14,15,16). The van der Waals surface area contributed by atoms with Crippen molar-refractivity contribution in [2.75, 3.05) is 5.32 Å². The SMILES string of the molecule is Clc1nc(NCc2ccco2)c2scc(Cl)c2n1. The predicted molar refractivity (Wildman–Crippen MR) is 73.5 cm³/mol. The van der Waals surface area contributed by atoms with Gasteiger partial charge in [-0.05, 0) is 23.7 Å². The van der Waals surface area contributed by atoms with Crippen LogP contribution >= 0.6 is 34.5 Å². The first-order valence-corrected chi connectivity index (χ1v) is 6.74. The van der Waals surface area contributed by atoms with Gasteiger partial charge in [-0.15, -0.1) is 11.3 Å². The average molecular weight is 300 g/mol. The van der Waals surface area contributed by atoms with E-state index in [0.717, 1.165) is 10.5 Å². The van der Waals surface area contributed by atoms with E-state index in [1.54, 1.807) is 6.26 Å². The Morgan fingerprint density at radius 1 is 1.33 bits per heavy atom. The number of hydrogen-bond acceptors (Lipinski definition) is 5. The molecule has 0 aliphatic carbocycles. The molecule has 0 aliphatic heterocycles. The molecular weight excluding hydrogens is 293 g/mol. The Kier molecular flexibility index (Phi) is 3.11. The zero-order valence-electron chi connectivity index (χ0n) is 8.98. The highest BCUT2D eigenvalue weighted by Gasteiger charge is 2.11. The van der Waals surface area contributed by atoms with E-state index in [0.29, 0.717) is 22.9 Å². The fraction of sp³-hybridized carbons (Fsp3) is 0.0909. The number of anilines is 1. The summed E-state index contributed by atoms with van der Waals surface area (Å²) in [6.45, 7) is 0.533. The Balaban J connectivity index is 1.95. The number of fused-ring (bicyclic) bond motifs is 1. The van der Waals surface area contributed by atoms with E-state index in [4.69, 9.17) is 27.6 Å². The van der Waals surface area contributed by atoms with Gasteiger partial charge in [-0.3, -0.25) is 0 Å². The zero-order valence-corrected chi connectivity index (χ0v) is 11.3. The fourth-order valence-corrected chi connectivity index (χ4v) is 2.89. The minimum atomic E-state index is 0.171. The first kappa shape index (κ1) is 11.8. The van der Waals surface area contributed by atoms with Crippen LogP contribution in [0, 0.1) is 0 Å². The molecule has 7 heteroatoms. The highest BCUT2D eigenvalue weighted by molar-refractivity contribution is 7.18. The summed E-state index contributed by atoms with van der Waals surface area (Å²) in [6, 6.07) is 3.72. The second-order valence-electron chi connectivity index (χ2n) is 3.54. The molecule has 3 aromatic rings. The van der Waals surface area contributed by atoms with Crippen LogP contribution in [0.2, 0.25) is 10.3 Å². The van der Waals surface area contributed by atoms with Crippen molar-refractivity contribution >= 4 is 50.6 Å². The minimum Gasteiger partial charge on any atom is -0.467 e. The van der Waals surface area contributed by atoms with Gasteiger partial charge in [-0.25, -0.2) is 4.98 Å². The van der Waals surface area contributed by atoms with Gasteiger partial charge in [0.2, 0.25) is 5.28 Å². The van der Waals surface area contributed by atoms with Crippen molar-refractivity contribution < 1.29 is 4.42 Å². The van der Waals surface area contributed by atoms with Gasteiger partial charge in [0.05, 0.1) is 22.5 Å². The molecule has 0 radical (unpaired) electrons. The maximum absolute atomic E-state index is 6.03.